The molecule has 108 valence electrons. The summed E-state index contributed by atoms with van der Waals surface area (Å²) in [7, 11) is 1.70. The van der Waals surface area contributed by atoms with Gasteiger partial charge in [0.1, 0.15) is 10.1 Å². The maximum Gasteiger partial charge on any atom is 0.433 e. The molecule has 0 saturated carbocycles. The standard InChI is InChI=1S/C10H11F3N6S/c1-5-3-8(19(2)18-5)20-7-4-6(10(11,12)13)15-9(16-7)17-14/h3-4H,14H2,1-2H3,(H,15,16,17). The lowest BCUT2D eigenvalue weighted by Crippen LogP contribution is -2.15. The van der Waals surface area contributed by atoms with E-state index in [1.807, 2.05) is 5.43 Å². The number of rotatable bonds is 3. The van der Waals surface area contributed by atoms with Crippen molar-refractivity contribution in [2.75, 3.05) is 5.43 Å². The molecule has 2 aromatic rings. The maximum atomic E-state index is 12.7. The Morgan fingerprint density at radius 2 is 2.00 bits per heavy atom. The van der Waals surface area contributed by atoms with Gasteiger partial charge in [0.25, 0.3) is 0 Å². The van der Waals surface area contributed by atoms with E-state index >= 15 is 0 Å². The van der Waals surface area contributed by atoms with Crippen molar-refractivity contribution in [3.8, 4) is 0 Å². The first-order valence-corrected chi connectivity index (χ1v) is 6.22. The van der Waals surface area contributed by atoms with Crippen LogP contribution in [0.3, 0.4) is 0 Å². The van der Waals surface area contributed by atoms with E-state index in [1.165, 1.54) is 0 Å². The lowest BCUT2D eigenvalue weighted by molar-refractivity contribution is -0.141. The third-order valence-corrected chi connectivity index (χ3v) is 3.30. The predicted octanol–water partition coefficient (Wildman–Crippen LogP) is 1.97. The molecule has 0 atom stereocenters. The highest BCUT2D eigenvalue weighted by Gasteiger charge is 2.33. The van der Waals surface area contributed by atoms with Crippen molar-refractivity contribution in [3.63, 3.8) is 0 Å². The largest absolute Gasteiger partial charge is 0.433 e. The Kier molecular flexibility index (Phi) is 3.86. The van der Waals surface area contributed by atoms with Crippen molar-refractivity contribution >= 4 is 17.7 Å². The van der Waals surface area contributed by atoms with E-state index in [9.17, 15) is 13.2 Å². The zero-order valence-electron chi connectivity index (χ0n) is 10.6. The molecule has 0 amide bonds. The molecule has 0 aliphatic heterocycles. The topological polar surface area (TPSA) is 81.6 Å². The van der Waals surface area contributed by atoms with Gasteiger partial charge in [-0.25, -0.2) is 15.8 Å². The van der Waals surface area contributed by atoms with E-state index < -0.39 is 11.9 Å². The molecule has 0 unspecified atom stereocenters. The second-order valence-electron chi connectivity index (χ2n) is 3.91. The van der Waals surface area contributed by atoms with E-state index in [1.54, 1.807) is 24.7 Å². The number of hydrogen-bond acceptors (Lipinski definition) is 6. The summed E-state index contributed by atoms with van der Waals surface area (Å²) in [5, 5.41) is 4.90. The van der Waals surface area contributed by atoms with E-state index in [2.05, 4.69) is 15.1 Å². The zero-order chi connectivity index (χ0) is 14.9. The Hall–Kier alpha value is -1.81. The molecule has 0 fully saturated rings. The summed E-state index contributed by atoms with van der Waals surface area (Å²) in [5.41, 5.74) is 1.73. The molecule has 0 saturated heterocycles. The number of hydrazine groups is 1. The lowest BCUT2D eigenvalue weighted by atomic mass is 10.4. The van der Waals surface area contributed by atoms with Gasteiger partial charge < -0.3 is 0 Å². The molecule has 0 aliphatic rings. The van der Waals surface area contributed by atoms with Crippen molar-refractivity contribution < 1.29 is 13.2 Å². The Bertz CT molecular complexity index is 624. The van der Waals surface area contributed by atoms with E-state index in [0.29, 0.717) is 5.03 Å². The fraction of sp³-hybridized carbons (Fsp3) is 0.300. The van der Waals surface area contributed by atoms with E-state index in [-0.39, 0.29) is 11.0 Å². The monoisotopic (exact) mass is 304 g/mol. The van der Waals surface area contributed by atoms with Crippen molar-refractivity contribution in [1.82, 2.24) is 19.7 Å². The fourth-order valence-electron chi connectivity index (χ4n) is 1.48. The number of aromatic nitrogens is 4. The summed E-state index contributed by atoms with van der Waals surface area (Å²) in [6.45, 7) is 1.79. The first-order valence-electron chi connectivity index (χ1n) is 5.41. The quantitative estimate of drug-likeness (QED) is 0.512. The Morgan fingerprint density at radius 3 is 2.50 bits per heavy atom. The summed E-state index contributed by atoms with van der Waals surface area (Å²) in [5.74, 6) is 4.80. The van der Waals surface area contributed by atoms with Gasteiger partial charge in [-0.1, -0.05) is 11.8 Å². The second-order valence-corrected chi connectivity index (χ2v) is 4.95. The number of aryl methyl sites for hydroxylation is 2. The minimum absolute atomic E-state index is 0.128. The van der Waals surface area contributed by atoms with Gasteiger partial charge >= 0.3 is 6.18 Å². The number of hydrogen-bond donors (Lipinski definition) is 2. The van der Waals surface area contributed by atoms with Gasteiger partial charge in [0.05, 0.1) is 5.69 Å². The molecule has 0 radical (unpaired) electrons. The van der Waals surface area contributed by atoms with Crippen molar-refractivity contribution in [2.45, 2.75) is 23.2 Å². The number of nitrogens with zero attached hydrogens (tertiary/aromatic N) is 4. The van der Waals surface area contributed by atoms with Crippen LogP contribution in [0.4, 0.5) is 19.1 Å². The molecule has 0 bridgehead atoms. The highest BCUT2D eigenvalue weighted by Crippen LogP contribution is 2.33. The van der Waals surface area contributed by atoms with E-state index in [0.717, 1.165) is 23.5 Å². The second kappa shape index (κ2) is 5.29. The highest BCUT2D eigenvalue weighted by molar-refractivity contribution is 7.99. The van der Waals surface area contributed by atoms with Crippen LogP contribution in [-0.4, -0.2) is 19.7 Å². The number of anilines is 1. The first kappa shape index (κ1) is 14.6. The van der Waals surface area contributed by atoms with Crippen molar-refractivity contribution in [2.24, 2.45) is 12.9 Å². The zero-order valence-corrected chi connectivity index (χ0v) is 11.4. The average Bonchev–Trinajstić information content (AvgIpc) is 2.66. The predicted molar refractivity (Wildman–Crippen MR) is 66.9 cm³/mol. The van der Waals surface area contributed by atoms with Gasteiger partial charge in [0, 0.05) is 13.1 Å². The summed E-state index contributed by atoms with van der Waals surface area (Å²) >= 11 is 1.05. The molecular weight excluding hydrogens is 293 g/mol. The SMILES string of the molecule is Cc1cc(Sc2cc(C(F)(F)F)nc(NN)n2)n(C)n1. The van der Waals surface area contributed by atoms with Crippen LogP contribution in [0.15, 0.2) is 22.2 Å². The molecular formula is C10H11F3N6S. The lowest BCUT2D eigenvalue weighted by Gasteiger charge is -2.09. The highest BCUT2D eigenvalue weighted by atomic mass is 32.2. The molecule has 2 rings (SSSR count). The number of alkyl halides is 3. The smallest absolute Gasteiger partial charge is 0.292 e. The van der Waals surface area contributed by atoms with Gasteiger partial charge in [-0.3, -0.25) is 10.1 Å². The number of nitrogen functional groups attached to an aromatic ring is 1. The minimum Gasteiger partial charge on any atom is -0.292 e. The molecule has 2 heterocycles. The fourth-order valence-corrected chi connectivity index (χ4v) is 2.40. The third kappa shape index (κ3) is 3.20. The van der Waals surface area contributed by atoms with E-state index in [4.69, 9.17) is 5.84 Å². The Morgan fingerprint density at radius 1 is 1.30 bits per heavy atom. The summed E-state index contributed by atoms with van der Waals surface area (Å²) < 4.78 is 39.7. The molecule has 3 N–H and O–H groups in total. The summed E-state index contributed by atoms with van der Waals surface area (Å²) in [6.07, 6.45) is -4.56. The van der Waals surface area contributed by atoms with Crippen LogP contribution in [0.1, 0.15) is 11.4 Å². The van der Waals surface area contributed by atoms with Crippen LogP contribution in [-0.2, 0) is 13.2 Å². The molecule has 6 nitrogen and oxygen atoms in total. The Balaban J connectivity index is 2.38. The van der Waals surface area contributed by atoms with Gasteiger partial charge in [0.15, 0.2) is 5.69 Å². The number of nitrogens with one attached hydrogen (secondary N) is 1. The molecule has 0 spiro atoms. The number of halogens is 3. The maximum absolute atomic E-state index is 12.7. The molecule has 10 heteroatoms. The van der Waals surface area contributed by atoms with Crippen LogP contribution in [0, 0.1) is 6.92 Å². The van der Waals surface area contributed by atoms with Gasteiger partial charge in [0.2, 0.25) is 5.95 Å². The third-order valence-electron chi connectivity index (χ3n) is 2.29. The first-order chi connectivity index (χ1) is 9.29. The van der Waals surface area contributed by atoms with Crippen molar-refractivity contribution in [1.29, 1.82) is 0 Å². The molecule has 20 heavy (non-hydrogen) atoms. The van der Waals surface area contributed by atoms with Crippen LogP contribution >= 0.6 is 11.8 Å². The van der Waals surface area contributed by atoms with Crippen molar-refractivity contribution in [3.05, 3.63) is 23.5 Å². The normalized spacial score (nSPS) is 11.7. The molecule has 2 aromatic heterocycles. The minimum atomic E-state index is -4.56. The van der Waals surface area contributed by atoms with Gasteiger partial charge in [-0.05, 0) is 13.0 Å². The average molecular weight is 304 g/mol. The molecule has 0 aromatic carbocycles. The molecule has 0 aliphatic carbocycles. The van der Waals surface area contributed by atoms with Crippen LogP contribution < -0.4 is 11.3 Å². The van der Waals surface area contributed by atoms with Gasteiger partial charge in [-0.15, -0.1) is 0 Å². The Labute approximate surface area is 116 Å². The van der Waals surface area contributed by atoms with Gasteiger partial charge in [-0.2, -0.15) is 18.3 Å². The van der Waals surface area contributed by atoms with Crippen LogP contribution in [0.5, 0.6) is 0 Å². The number of nitrogens with two attached hydrogens (primary N) is 1. The summed E-state index contributed by atoms with van der Waals surface area (Å²) in [4.78, 5) is 7.17. The van der Waals surface area contributed by atoms with Crippen LogP contribution in [0.25, 0.3) is 0 Å². The van der Waals surface area contributed by atoms with Crippen LogP contribution in [0.2, 0.25) is 0 Å². The summed E-state index contributed by atoms with van der Waals surface area (Å²) in [6, 6.07) is 2.61.